The second kappa shape index (κ2) is 9.57. The van der Waals surface area contributed by atoms with Crippen LogP contribution < -0.4 is 19.1 Å². The van der Waals surface area contributed by atoms with Crippen LogP contribution in [0.25, 0.3) is 0 Å². The Labute approximate surface area is 193 Å². The summed E-state index contributed by atoms with van der Waals surface area (Å²) >= 11 is 0. The number of hydrogen-bond donors (Lipinski definition) is 0. The van der Waals surface area contributed by atoms with Crippen molar-refractivity contribution in [2.24, 2.45) is 5.92 Å². The van der Waals surface area contributed by atoms with Crippen LogP contribution in [0.2, 0.25) is 0 Å². The molecular weight excluding hydrogens is 428 g/mol. The minimum atomic E-state index is -2.58. The predicted molar refractivity (Wildman–Crippen MR) is 123 cm³/mol. The van der Waals surface area contributed by atoms with Crippen molar-refractivity contribution in [3.8, 4) is 17.2 Å². The van der Waals surface area contributed by atoms with Crippen molar-refractivity contribution in [3.05, 3.63) is 48.0 Å². The van der Waals surface area contributed by atoms with E-state index in [1.54, 1.807) is 26.2 Å². The molecule has 1 saturated carbocycles. The van der Waals surface area contributed by atoms with E-state index in [1.165, 1.54) is 0 Å². The summed E-state index contributed by atoms with van der Waals surface area (Å²) in [6.07, 6.45) is 1.36. The second-order valence-electron chi connectivity index (χ2n) is 9.16. The van der Waals surface area contributed by atoms with Gasteiger partial charge in [0.1, 0.15) is 29.1 Å². The molecule has 2 aliphatic rings. The van der Waals surface area contributed by atoms with Crippen molar-refractivity contribution in [1.29, 1.82) is 0 Å². The van der Waals surface area contributed by atoms with Crippen LogP contribution in [0, 0.1) is 5.92 Å². The average Bonchev–Trinajstić information content (AvgIpc) is 3.16. The van der Waals surface area contributed by atoms with Crippen LogP contribution in [0.1, 0.15) is 44.6 Å². The number of benzene rings is 2. The summed E-state index contributed by atoms with van der Waals surface area (Å²) in [5.41, 5.74) is 2.06. The number of Topliss-reactive ketones (excluding diaryl/α,β-unsaturated/α-hetero) is 1. The van der Waals surface area contributed by atoms with Crippen LogP contribution in [0.3, 0.4) is 0 Å². The molecule has 0 aromatic heterocycles. The molecule has 1 heterocycles. The number of ether oxygens (including phenoxy) is 3. The van der Waals surface area contributed by atoms with E-state index in [2.05, 4.69) is 11.8 Å². The van der Waals surface area contributed by atoms with E-state index >= 15 is 0 Å². The van der Waals surface area contributed by atoms with Crippen LogP contribution in [0.15, 0.2) is 42.5 Å². The number of nitrogens with zero attached hydrogens (tertiary/aromatic N) is 1. The number of ketones is 1. The zero-order valence-electron chi connectivity index (χ0n) is 19.4. The second-order valence-corrected chi connectivity index (χ2v) is 9.16. The molecule has 2 fully saturated rings. The Balaban J connectivity index is 1.33. The van der Waals surface area contributed by atoms with Gasteiger partial charge in [-0.1, -0.05) is 19.1 Å². The summed E-state index contributed by atoms with van der Waals surface area (Å²) in [6, 6.07) is 13.4. The summed E-state index contributed by atoms with van der Waals surface area (Å²) in [4.78, 5) is 13.5. The Morgan fingerprint density at radius 3 is 2.52 bits per heavy atom. The minimum absolute atomic E-state index is 0.0153. The molecule has 0 radical (unpaired) electrons. The van der Waals surface area contributed by atoms with E-state index < -0.39 is 11.8 Å². The van der Waals surface area contributed by atoms with Crippen molar-refractivity contribution in [2.45, 2.75) is 51.1 Å². The zero-order valence-corrected chi connectivity index (χ0v) is 19.4. The molecule has 2 unspecified atom stereocenters. The molecule has 1 aliphatic carbocycles. The Kier molecular flexibility index (Phi) is 6.77. The van der Waals surface area contributed by atoms with Crippen LogP contribution >= 0.6 is 0 Å². The van der Waals surface area contributed by atoms with Gasteiger partial charge in [-0.15, -0.1) is 0 Å². The highest BCUT2D eigenvalue weighted by molar-refractivity contribution is 5.76. The molecule has 1 aliphatic heterocycles. The summed E-state index contributed by atoms with van der Waals surface area (Å²) in [5, 5.41) is 0. The third-order valence-corrected chi connectivity index (χ3v) is 6.39. The van der Waals surface area contributed by atoms with Gasteiger partial charge in [-0.2, -0.15) is 0 Å². The largest absolute Gasteiger partial charge is 0.494 e. The maximum absolute atomic E-state index is 13.1. The van der Waals surface area contributed by atoms with Crippen LogP contribution in [-0.2, 0) is 4.79 Å². The van der Waals surface area contributed by atoms with E-state index in [9.17, 15) is 13.6 Å². The molecule has 0 bridgehead atoms. The monoisotopic (exact) mass is 459 g/mol. The fourth-order valence-electron chi connectivity index (χ4n) is 4.32. The molecule has 1 saturated heterocycles. The number of alkyl halides is 2. The van der Waals surface area contributed by atoms with Crippen molar-refractivity contribution in [2.75, 3.05) is 31.7 Å². The highest BCUT2D eigenvalue weighted by Crippen LogP contribution is 2.48. The number of methoxy groups -OCH3 is 1. The summed E-state index contributed by atoms with van der Waals surface area (Å²) < 4.78 is 43.4. The first kappa shape index (κ1) is 23.3. The molecule has 5 nitrogen and oxygen atoms in total. The Bertz CT molecular complexity index is 979. The first-order valence-electron chi connectivity index (χ1n) is 11.4. The highest BCUT2D eigenvalue weighted by atomic mass is 19.3. The van der Waals surface area contributed by atoms with Gasteiger partial charge in [0.2, 0.25) is 0 Å². The lowest BCUT2D eigenvalue weighted by atomic mass is 9.96. The maximum atomic E-state index is 13.1. The van der Waals surface area contributed by atoms with E-state index in [0.717, 1.165) is 30.0 Å². The van der Waals surface area contributed by atoms with Crippen molar-refractivity contribution >= 4 is 11.5 Å². The number of carbonyl (C=O) groups excluding carboxylic acids is 1. The molecular formula is C26H31F2NO4. The van der Waals surface area contributed by atoms with Crippen molar-refractivity contribution in [3.63, 3.8) is 0 Å². The molecule has 0 N–H and O–H groups in total. The third kappa shape index (κ3) is 5.75. The van der Waals surface area contributed by atoms with Crippen molar-refractivity contribution in [1.82, 2.24) is 0 Å². The standard InChI is InChI=1S/C26H31F2NO4/c1-17(12-18(2)30)19-4-6-21(7-5-19)33-23-10-11-29(15-23)24-9-8-22(13-25(24)31-3)32-16-20-14-26(20,27)28/h4-9,13,17,20,23H,10-12,14-16H2,1-3H3/t17-,20?,23?/m1/s1. The SMILES string of the molecule is COc1cc(OCC2CC2(F)F)ccc1N1CCC(Oc2ccc([C@H](C)CC(C)=O)cc2)C1. The van der Waals surface area contributed by atoms with Gasteiger partial charge in [0.25, 0.3) is 5.92 Å². The first-order chi connectivity index (χ1) is 15.7. The highest BCUT2D eigenvalue weighted by Gasteiger charge is 2.57. The summed E-state index contributed by atoms with van der Waals surface area (Å²) in [5.74, 6) is -0.892. The van der Waals surface area contributed by atoms with Crippen LogP contribution in [0.5, 0.6) is 17.2 Å². The van der Waals surface area contributed by atoms with Gasteiger partial charge in [0.05, 0.1) is 31.9 Å². The lowest BCUT2D eigenvalue weighted by molar-refractivity contribution is -0.117. The smallest absolute Gasteiger partial charge is 0.255 e. The van der Waals surface area contributed by atoms with Gasteiger partial charge in [0, 0.05) is 31.9 Å². The Hall–Kier alpha value is -2.83. The average molecular weight is 460 g/mol. The predicted octanol–water partition coefficient (Wildman–Crippen LogP) is 5.47. The quantitative estimate of drug-likeness (QED) is 0.472. The topological polar surface area (TPSA) is 48.0 Å². The van der Waals surface area contributed by atoms with Gasteiger partial charge in [0.15, 0.2) is 0 Å². The Morgan fingerprint density at radius 2 is 1.88 bits per heavy atom. The van der Waals surface area contributed by atoms with Crippen molar-refractivity contribution < 1.29 is 27.8 Å². The van der Waals surface area contributed by atoms with E-state index in [-0.39, 0.29) is 30.8 Å². The van der Waals surface area contributed by atoms with Gasteiger partial charge in [-0.3, -0.25) is 0 Å². The lowest BCUT2D eigenvalue weighted by Gasteiger charge is -2.22. The maximum Gasteiger partial charge on any atom is 0.255 e. The number of halogens is 2. The van der Waals surface area contributed by atoms with Crippen LogP contribution in [0.4, 0.5) is 14.5 Å². The molecule has 0 spiro atoms. The van der Waals surface area contributed by atoms with Crippen LogP contribution in [-0.4, -0.2) is 44.6 Å². The molecule has 7 heteroatoms. The normalized spacial score (nSPS) is 22.0. The van der Waals surface area contributed by atoms with Gasteiger partial charge >= 0.3 is 0 Å². The van der Waals surface area contributed by atoms with E-state index in [4.69, 9.17) is 14.2 Å². The van der Waals surface area contributed by atoms with Gasteiger partial charge in [-0.05, 0) is 42.7 Å². The summed E-state index contributed by atoms with van der Waals surface area (Å²) in [7, 11) is 1.59. The number of rotatable bonds is 10. The molecule has 178 valence electrons. The van der Waals surface area contributed by atoms with E-state index in [0.29, 0.717) is 24.5 Å². The molecule has 3 atom stereocenters. The summed E-state index contributed by atoms with van der Waals surface area (Å²) in [6.45, 7) is 5.22. The number of hydrogen-bond acceptors (Lipinski definition) is 5. The molecule has 2 aromatic rings. The minimum Gasteiger partial charge on any atom is -0.494 e. The zero-order chi connectivity index (χ0) is 23.6. The van der Waals surface area contributed by atoms with Gasteiger partial charge in [-0.25, -0.2) is 8.78 Å². The molecule has 4 rings (SSSR count). The molecule has 0 amide bonds. The molecule has 33 heavy (non-hydrogen) atoms. The lowest BCUT2D eigenvalue weighted by Crippen LogP contribution is -2.24. The number of carbonyl (C=O) groups is 1. The number of anilines is 1. The first-order valence-corrected chi connectivity index (χ1v) is 11.4. The fourth-order valence-corrected chi connectivity index (χ4v) is 4.32. The fraction of sp³-hybridized carbons (Fsp3) is 0.500. The third-order valence-electron chi connectivity index (χ3n) is 6.39. The van der Waals surface area contributed by atoms with Gasteiger partial charge < -0.3 is 23.9 Å². The Morgan fingerprint density at radius 1 is 1.18 bits per heavy atom. The van der Waals surface area contributed by atoms with E-state index in [1.807, 2.05) is 30.3 Å². The molecule has 2 aromatic carbocycles.